The number of nitrogens with zero attached hydrogens (tertiary/aromatic N) is 3. The zero-order valence-corrected chi connectivity index (χ0v) is 23.2. The van der Waals surface area contributed by atoms with Gasteiger partial charge in [-0.3, -0.25) is 9.69 Å². The molecule has 0 saturated carbocycles. The molecule has 3 aromatic carbocycles. The molecule has 200 valence electrons. The molecular weight excluding hydrogens is 488 g/mol. The van der Waals surface area contributed by atoms with E-state index in [-0.39, 0.29) is 11.9 Å². The lowest BCUT2D eigenvalue weighted by Gasteiger charge is -2.22. The summed E-state index contributed by atoms with van der Waals surface area (Å²) in [4.78, 5) is 19.6. The van der Waals surface area contributed by atoms with E-state index < -0.39 is 5.60 Å². The molecule has 39 heavy (non-hydrogen) atoms. The summed E-state index contributed by atoms with van der Waals surface area (Å²) >= 11 is 0. The van der Waals surface area contributed by atoms with E-state index in [1.807, 2.05) is 71.0 Å². The summed E-state index contributed by atoms with van der Waals surface area (Å²) in [6.45, 7) is 11.8. The van der Waals surface area contributed by atoms with Crippen LogP contribution in [0.2, 0.25) is 0 Å². The molecule has 1 saturated heterocycles. The number of fused-ring (bicyclic) bond motifs is 1. The Morgan fingerprint density at radius 2 is 1.82 bits per heavy atom. The first-order chi connectivity index (χ1) is 18.5. The van der Waals surface area contributed by atoms with Crippen LogP contribution in [0.4, 0.5) is 5.69 Å². The number of rotatable bonds is 5. The molecule has 5 rings (SSSR count). The molecule has 1 atom stereocenters. The lowest BCUT2D eigenvalue weighted by atomic mass is 9.93. The Bertz CT molecular complexity index is 1610. The number of carbonyl (C=O) groups excluding carboxylic acids is 1. The zero-order chi connectivity index (χ0) is 27.9. The van der Waals surface area contributed by atoms with Crippen LogP contribution >= 0.6 is 0 Å². The first-order valence-electron chi connectivity index (χ1n) is 13.3. The van der Waals surface area contributed by atoms with E-state index in [0.717, 1.165) is 52.0 Å². The van der Waals surface area contributed by atoms with Crippen molar-refractivity contribution < 1.29 is 13.9 Å². The largest absolute Gasteiger partial charge is 0.460 e. The molecule has 1 aliphatic heterocycles. The molecule has 2 N–H and O–H groups in total. The van der Waals surface area contributed by atoms with Crippen LogP contribution < -0.4 is 5.73 Å². The van der Waals surface area contributed by atoms with Crippen LogP contribution in [0.25, 0.3) is 33.7 Å². The van der Waals surface area contributed by atoms with Gasteiger partial charge in [-0.2, -0.15) is 5.26 Å². The van der Waals surface area contributed by atoms with Gasteiger partial charge in [0.2, 0.25) is 5.89 Å². The lowest BCUT2D eigenvalue weighted by molar-refractivity contribution is -0.159. The Hall–Kier alpha value is -4.15. The van der Waals surface area contributed by atoms with Gasteiger partial charge in [0.1, 0.15) is 17.2 Å². The van der Waals surface area contributed by atoms with Crippen molar-refractivity contribution in [3.8, 4) is 28.7 Å². The van der Waals surface area contributed by atoms with Crippen LogP contribution in [0.5, 0.6) is 0 Å². The summed E-state index contributed by atoms with van der Waals surface area (Å²) in [5, 5.41) is 9.90. The highest BCUT2D eigenvalue weighted by molar-refractivity contribution is 5.85. The Morgan fingerprint density at radius 3 is 2.54 bits per heavy atom. The number of hydrogen-bond donors (Lipinski definition) is 1. The standard InChI is InChI=1S/C32H34N4O3/c1-19-24(25-9-7-11-27(34)20(25)2)8-6-10-26(19)30-35-28-15-21(14-23(16-33)29(28)38-30)17-36-13-12-22(18-36)31(37)39-32(3,4)5/h6-11,14-15,22H,12-13,17-18,34H2,1-5H3/t22-/m1/s1. The second kappa shape index (κ2) is 10.2. The van der Waals surface area contributed by atoms with Crippen molar-refractivity contribution in [2.24, 2.45) is 5.92 Å². The molecule has 1 aliphatic rings. The highest BCUT2D eigenvalue weighted by atomic mass is 16.6. The predicted molar refractivity (Wildman–Crippen MR) is 153 cm³/mol. The van der Waals surface area contributed by atoms with Crippen LogP contribution in [0, 0.1) is 31.1 Å². The number of hydrogen-bond acceptors (Lipinski definition) is 7. The molecule has 2 heterocycles. The normalized spacial score (nSPS) is 15.9. The molecule has 0 spiro atoms. The van der Waals surface area contributed by atoms with Gasteiger partial charge in [0.25, 0.3) is 0 Å². The summed E-state index contributed by atoms with van der Waals surface area (Å²) in [6, 6.07) is 18.1. The van der Waals surface area contributed by atoms with E-state index in [4.69, 9.17) is 19.9 Å². The van der Waals surface area contributed by atoms with E-state index in [9.17, 15) is 10.1 Å². The Balaban J connectivity index is 1.43. The number of anilines is 1. The molecule has 7 heteroatoms. The third-order valence-corrected chi connectivity index (χ3v) is 7.32. The van der Waals surface area contributed by atoms with E-state index in [1.165, 1.54) is 0 Å². The summed E-state index contributed by atoms with van der Waals surface area (Å²) in [5.74, 6) is 0.192. The fraction of sp³-hybridized carbons (Fsp3) is 0.344. The maximum Gasteiger partial charge on any atom is 0.310 e. The maximum atomic E-state index is 12.5. The number of likely N-dealkylation sites (tertiary alicyclic amines) is 1. The minimum absolute atomic E-state index is 0.138. The van der Waals surface area contributed by atoms with Crippen molar-refractivity contribution in [1.29, 1.82) is 5.26 Å². The molecule has 0 radical (unpaired) electrons. The van der Waals surface area contributed by atoms with Crippen molar-refractivity contribution in [2.45, 2.75) is 53.2 Å². The summed E-state index contributed by atoms with van der Waals surface area (Å²) < 4.78 is 11.8. The number of aromatic nitrogens is 1. The van der Waals surface area contributed by atoms with Gasteiger partial charge in [-0.15, -0.1) is 0 Å². The molecule has 0 aliphatic carbocycles. The summed E-state index contributed by atoms with van der Waals surface area (Å²) in [7, 11) is 0. The average molecular weight is 523 g/mol. The van der Waals surface area contributed by atoms with Crippen molar-refractivity contribution in [1.82, 2.24) is 9.88 Å². The average Bonchev–Trinajstić information content (AvgIpc) is 3.52. The van der Waals surface area contributed by atoms with Crippen LogP contribution in [0.15, 0.2) is 52.9 Å². The van der Waals surface area contributed by atoms with Gasteiger partial charge in [0.05, 0.1) is 11.5 Å². The Morgan fingerprint density at radius 1 is 1.13 bits per heavy atom. The quantitative estimate of drug-likeness (QED) is 0.239. The fourth-order valence-corrected chi connectivity index (χ4v) is 5.30. The van der Waals surface area contributed by atoms with E-state index >= 15 is 0 Å². The molecular formula is C32H34N4O3. The van der Waals surface area contributed by atoms with Gasteiger partial charge < -0.3 is 14.9 Å². The molecule has 1 fully saturated rings. The number of benzene rings is 3. The zero-order valence-electron chi connectivity index (χ0n) is 23.2. The van der Waals surface area contributed by atoms with Crippen molar-refractivity contribution in [3.63, 3.8) is 0 Å². The van der Waals surface area contributed by atoms with Crippen LogP contribution in [0.3, 0.4) is 0 Å². The molecule has 0 unspecified atom stereocenters. The van der Waals surface area contributed by atoms with Crippen molar-refractivity contribution in [3.05, 3.63) is 70.8 Å². The molecule has 4 aromatic rings. The SMILES string of the molecule is Cc1c(N)cccc1-c1cccc(-c2nc3cc(CN4CC[C@@H](C(=O)OC(C)(C)C)C4)cc(C#N)c3o2)c1C. The lowest BCUT2D eigenvalue weighted by Crippen LogP contribution is -2.30. The van der Waals surface area contributed by atoms with Crippen LogP contribution in [-0.4, -0.2) is 34.5 Å². The highest BCUT2D eigenvalue weighted by Gasteiger charge is 2.32. The van der Waals surface area contributed by atoms with Gasteiger partial charge in [-0.05, 0) is 99.7 Å². The summed E-state index contributed by atoms with van der Waals surface area (Å²) in [5.41, 5.74) is 14.0. The number of nitrogens with two attached hydrogens (primary N) is 1. The van der Waals surface area contributed by atoms with Crippen LogP contribution in [0.1, 0.15) is 49.4 Å². The number of nitriles is 1. The maximum absolute atomic E-state index is 12.5. The topological polar surface area (TPSA) is 105 Å². The minimum Gasteiger partial charge on any atom is -0.460 e. The number of carbonyl (C=O) groups is 1. The second-order valence-electron chi connectivity index (χ2n) is 11.4. The van der Waals surface area contributed by atoms with Crippen molar-refractivity contribution in [2.75, 3.05) is 18.8 Å². The monoisotopic (exact) mass is 522 g/mol. The van der Waals surface area contributed by atoms with E-state index in [1.54, 1.807) is 0 Å². The van der Waals surface area contributed by atoms with Gasteiger partial charge in [0, 0.05) is 24.3 Å². The number of esters is 1. The first kappa shape index (κ1) is 26.5. The number of oxazole rings is 1. The van der Waals surface area contributed by atoms with E-state index in [0.29, 0.717) is 35.6 Å². The third-order valence-electron chi connectivity index (χ3n) is 7.32. The smallest absolute Gasteiger partial charge is 0.310 e. The van der Waals surface area contributed by atoms with Gasteiger partial charge in [0.15, 0.2) is 5.58 Å². The first-order valence-corrected chi connectivity index (χ1v) is 13.3. The fourth-order valence-electron chi connectivity index (χ4n) is 5.30. The number of nitrogen functional groups attached to an aromatic ring is 1. The Labute approximate surface area is 229 Å². The van der Waals surface area contributed by atoms with Gasteiger partial charge >= 0.3 is 5.97 Å². The van der Waals surface area contributed by atoms with Crippen LogP contribution in [-0.2, 0) is 16.1 Å². The molecule has 1 aromatic heterocycles. The molecule has 0 bridgehead atoms. The molecule has 7 nitrogen and oxygen atoms in total. The Kier molecular flexibility index (Phi) is 6.92. The highest BCUT2D eigenvalue weighted by Crippen LogP contribution is 2.36. The molecule has 0 amide bonds. The summed E-state index contributed by atoms with van der Waals surface area (Å²) in [6.07, 6.45) is 0.762. The third kappa shape index (κ3) is 5.39. The van der Waals surface area contributed by atoms with Gasteiger partial charge in [-0.25, -0.2) is 4.98 Å². The minimum atomic E-state index is -0.493. The van der Waals surface area contributed by atoms with Gasteiger partial charge in [-0.1, -0.05) is 24.3 Å². The predicted octanol–water partition coefficient (Wildman–Crippen LogP) is 6.40. The van der Waals surface area contributed by atoms with E-state index in [2.05, 4.69) is 23.1 Å². The number of ether oxygens (including phenoxy) is 1. The second-order valence-corrected chi connectivity index (χ2v) is 11.4. The van der Waals surface area contributed by atoms with Crippen molar-refractivity contribution >= 4 is 22.8 Å².